The number of nitrogens with one attached hydrogen (secondary N) is 1. The van der Waals surface area contributed by atoms with Gasteiger partial charge < -0.3 is 4.74 Å². The molecule has 1 N–H and O–H groups in total. The van der Waals surface area contributed by atoms with Gasteiger partial charge in [0.2, 0.25) is 4.77 Å². The minimum Gasteiger partial charge on any atom is -0.497 e. The molecule has 2 aromatic rings. The Morgan fingerprint density at radius 1 is 1.27 bits per heavy atom. The molecule has 5 nitrogen and oxygen atoms in total. The summed E-state index contributed by atoms with van der Waals surface area (Å²) in [6.45, 7) is 0. The van der Waals surface area contributed by atoms with E-state index in [1.54, 1.807) is 18.0 Å². The summed E-state index contributed by atoms with van der Waals surface area (Å²) in [4.78, 5) is 0. The molecule has 0 unspecified atom stereocenters. The van der Waals surface area contributed by atoms with E-state index >= 15 is 0 Å². The first-order valence-corrected chi connectivity index (χ1v) is 8.04. The van der Waals surface area contributed by atoms with Crippen LogP contribution in [0.25, 0.3) is 0 Å². The number of H-pyrrole nitrogens is 1. The zero-order valence-electron chi connectivity index (χ0n) is 12.7. The molecular weight excluding hydrogens is 296 g/mol. The predicted molar refractivity (Wildman–Crippen MR) is 89.2 cm³/mol. The number of aromatic amines is 1. The molecule has 0 amide bonds. The van der Waals surface area contributed by atoms with Crippen LogP contribution in [0.15, 0.2) is 29.4 Å². The summed E-state index contributed by atoms with van der Waals surface area (Å²) in [5.74, 6) is 2.24. The van der Waals surface area contributed by atoms with Crippen LogP contribution in [0.5, 0.6) is 5.75 Å². The third kappa shape index (κ3) is 3.27. The Labute approximate surface area is 135 Å². The number of aromatic nitrogens is 3. The Kier molecular flexibility index (Phi) is 4.68. The van der Waals surface area contributed by atoms with Crippen LogP contribution in [-0.2, 0) is 0 Å². The Morgan fingerprint density at radius 2 is 2.00 bits per heavy atom. The van der Waals surface area contributed by atoms with Crippen LogP contribution >= 0.6 is 12.2 Å². The maximum absolute atomic E-state index is 5.31. The lowest BCUT2D eigenvalue weighted by Gasteiger charge is -2.19. The fraction of sp³-hybridized carbons (Fsp3) is 0.438. The number of rotatable bonds is 4. The molecule has 1 saturated carbocycles. The number of ether oxygens (including phenoxy) is 1. The highest BCUT2D eigenvalue weighted by Gasteiger charge is 2.21. The maximum atomic E-state index is 5.31. The van der Waals surface area contributed by atoms with E-state index in [1.807, 2.05) is 24.3 Å². The molecule has 1 aliphatic carbocycles. The lowest BCUT2D eigenvalue weighted by atomic mass is 9.89. The molecule has 0 aliphatic heterocycles. The zero-order valence-corrected chi connectivity index (χ0v) is 13.5. The second-order valence-corrected chi connectivity index (χ2v) is 5.94. The van der Waals surface area contributed by atoms with E-state index in [-0.39, 0.29) is 0 Å². The van der Waals surface area contributed by atoms with Crippen molar-refractivity contribution in [2.45, 2.75) is 38.0 Å². The van der Waals surface area contributed by atoms with E-state index in [2.05, 4.69) is 15.3 Å². The molecule has 1 heterocycles. The highest BCUT2D eigenvalue weighted by atomic mass is 32.1. The number of methoxy groups -OCH3 is 1. The maximum Gasteiger partial charge on any atom is 0.216 e. The molecule has 22 heavy (non-hydrogen) atoms. The Bertz CT molecular complexity index is 696. The fourth-order valence-electron chi connectivity index (χ4n) is 2.85. The Morgan fingerprint density at radius 3 is 2.68 bits per heavy atom. The predicted octanol–water partition coefficient (Wildman–Crippen LogP) is 3.88. The monoisotopic (exact) mass is 316 g/mol. The average Bonchev–Trinajstić information content (AvgIpc) is 2.95. The second-order valence-electron chi connectivity index (χ2n) is 5.55. The van der Waals surface area contributed by atoms with Crippen molar-refractivity contribution in [1.29, 1.82) is 0 Å². The van der Waals surface area contributed by atoms with Gasteiger partial charge in [-0.1, -0.05) is 19.3 Å². The number of hydrogen-bond acceptors (Lipinski definition) is 4. The van der Waals surface area contributed by atoms with E-state index in [1.165, 1.54) is 19.3 Å². The van der Waals surface area contributed by atoms with Gasteiger partial charge in [-0.3, -0.25) is 5.10 Å². The van der Waals surface area contributed by atoms with Crippen molar-refractivity contribution in [1.82, 2.24) is 14.9 Å². The summed E-state index contributed by atoms with van der Waals surface area (Å²) in [5, 5.41) is 11.8. The Balaban J connectivity index is 1.83. The van der Waals surface area contributed by atoms with Gasteiger partial charge in [0.25, 0.3) is 0 Å². The van der Waals surface area contributed by atoms with Crippen LogP contribution < -0.4 is 4.74 Å². The van der Waals surface area contributed by atoms with Gasteiger partial charge in [-0.15, -0.1) is 0 Å². The molecular formula is C16H20N4OS. The van der Waals surface area contributed by atoms with Crippen LogP contribution in [0, 0.1) is 4.77 Å². The summed E-state index contributed by atoms with van der Waals surface area (Å²) >= 11 is 5.31. The van der Waals surface area contributed by atoms with E-state index in [9.17, 15) is 0 Å². The van der Waals surface area contributed by atoms with Crippen LogP contribution in [0.2, 0.25) is 0 Å². The quantitative estimate of drug-likeness (QED) is 0.688. The largest absolute Gasteiger partial charge is 0.497 e. The molecule has 1 aromatic carbocycles. The van der Waals surface area contributed by atoms with Crippen molar-refractivity contribution in [2.24, 2.45) is 5.10 Å². The molecule has 0 atom stereocenters. The normalized spacial score (nSPS) is 16.2. The summed E-state index contributed by atoms with van der Waals surface area (Å²) in [6, 6.07) is 7.76. The highest BCUT2D eigenvalue weighted by Crippen LogP contribution is 2.31. The van der Waals surface area contributed by atoms with E-state index in [4.69, 9.17) is 17.0 Å². The topological polar surface area (TPSA) is 55.2 Å². The van der Waals surface area contributed by atoms with Crippen molar-refractivity contribution >= 4 is 18.4 Å². The van der Waals surface area contributed by atoms with Gasteiger partial charge in [-0.25, -0.2) is 0 Å². The smallest absolute Gasteiger partial charge is 0.216 e. The number of hydrogen-bond donors (Lipinski definition) is 1. The van der Waals surface area contributed by atoms with Crippen LogP contribution in [0.1, 0.15) is 49.4 Å². The van der Waals surface area contributed by atoms with Crippen molar-refractivity contribution in [3.63, 3.8) is 0 Å². The molecule has 0 saturated heterocycles. The molecule has 116 valence electrons. The van der Waals surface area contributed by atoms with E-state index < -0.39 is 0 Å². The first-order chi connectivity index (χ1) is 10.8. The van der Waals surface area contributed by atoms with Crippen LogP contribution in [0.3, 0.4) is 0 Å². The lowest BCUT2D eigenvalue weighted by Crippen LogP contribution is -2.10. The SMILES string of the molecule is COc1ccc(/C=N\n2c(C3CCCCC3)n[nH]c2=S)cc1. The van der Waals surface area contributed by atoms with Gasteiger partial charge >= 0.3 is 0 Å². The standard InChI is InChI=1S/C16H20N4OS/c1-21-14-9-7-12(8-10-14)11-17-20-15(18-19-16(20)22)13-5-3-2-4-6-13/h7-11,13H,2-6H2,1H3,(H,19,22)/b17-11-. The van der Waals surface area contributed by atoms with Crippen molar-refractivity contribution in [3.8, 4) is 5.75 Å². The Hall–Kier alpha value is -1.95. The van der Waals surface area contributed by atoms with E-state index in [0.29, 0.717) is 10.7 Å². The van der Waals surface area contributed by atoms with Crippen molar-refractivity contribution in [3.05, 3.63) is 40.4 Å². The molecule has 6 heteroatoms. The van der Waals surface area contributed by atoms with Gasteiger partial charge in [-0.2, -0.15) is 14.9 Å². The lowest BCUT2D eigenvalue weighted by molar-refractivity contribution is 0.415. The molecule has 1 aliphatic rings. The average molecular weight is 316 g/mol. The summed E-state index contributed by atoms with van der Waals surface area (Å²) in [5.41, 5.74) is 0.999. The first-order valence-electron chi connectivity index (χ1n) is 7.63. The van der Waals surface area contributed by atoms with Gasteiger partial charge in [-0.05, 0) is 54.9 Å². The summed E-state index contributed by atoms with van der Waals surface area (Å²) in [7, 11) is 1.66. The highest BCUT2D eigenvalue weighted by molar-refractivity contribution is 7.71. The minimum absolute atomic E-state index is 0.453. The summed E-state index contributed by atoms with van der Waals surface area (Å²) in [6.07, 6.45) is 7.96. The van der Waals surface area contributed by atoms with Gasteiger partial charge in [0.05, 0.1) is 13.3 Å². The van der Waals surface area contributed by atoms with Gasteiger partial charge in [0.15, 0.2) is 5.82 Å². The van der Waals surface area contributed by atoms with Crippen molar-refractivity contribution in [2.75, 3.05) is 7.11 Å². The molecule has 0 radical (unpaired) electrons. The van der Waals surface area contributed by atoms with Crippen molar-refractivity contribution < 1.29 is 4.74 Å². The molecule has 1 aromatic heterocycles. The number of benzene rings is 1. The first kappa shape index (κ1) is 15.0. The second kappa shape index (κ2) is 6.87. The minimum atomic E-state index is 0.453. The van der Waals surface area contributed by atoms with Gasteiger partial charge in [0, 0.05) is 5.92 Å². The molecule has 1 fully saturated rings. The third-order valence-electron chi connectivity index (χ3n) is 4.08. The van der Waals surface area contributed by atoms with E-state index in [0.717, 1.165) is 30.0 Å². The fourth-order valence-corrected chi connectivity index (χ4v) is 3.04. The van der Waals surface area contributed by atoms with Gasteiger partial charge in [0.1, 0.15) is 5.75 Å². The molecule has 0 bridgehead atoms. The number of nitrogens with zero attached hydrogens (tertiary/aromatic N) is 3. The van der Waals surface area contributed by atoms with Crippen LogP contribution in [-0.4, -0.2) is 28.2 Å². The van der Waals surface area contributed by atoms with Crippen LogP contribution in [0.4, 0.5) is 0 Å². The molecule has 3 rings (SSSR count). The third-order valence-corrected chi connectivity index (χ3v) is 4.35. The zero-order chi connectivity index (χ0) is 15.4. The molecule has 0 spiro atoms. The summed E-state index contributed by atoms with van der Waals surface area (Å²) < 4.78 is 7.46.